The molecular weight excluding hydrogens is 459 g/mol. The number of hydrogen-bond donors (Lipinski definition) is 2. The summed E-state index contributed by atoms with van der Waals surface area (Å²) in [6.07, 6.45) is -3.25. The zero-order chi connectivity index (χ0) is 21.5. The summed E-state index contributed by atoms with van der Waals surface area (Å²) in [5.74, 6) is -1.35. The number of amides is 2. The second-order valence-corrected chi connectivity index (χ2v) is 6.75. The van der Waals surface area contributed by atoms with Crippen molar-refractivity contribution in [2.24, 2.45) is 0 Å². The van der Waals surface area contributed by atoms with E-state index in [1.165, 1.54) is 24.9 Å². The summed E-state index contributed by atoms with van der Waals surface area (Å²) in [4.78, 5) is 28.7. The molecule has 2 amide bonds. The Morgan fingerprint density at radius 1 is 1.21 bits per heavy atom. The number of aromatic nitrogens is 5. The monoisotopic (exact) mass is 473 g/mol. The van der Waals surface area contributed by atoms with Crippen molar-refractivity contribution in [1.29, 1.82) is 0 Å². The van der Waals surface area contributed by atoms with Crippen LogP contribution in [0.15, 0.2) is 16.7 Å². The summed E-state index contributed by atoms with van der Waals surface area (Å²) >= 11 is 3.11. The number of nitrogens with zero attached hydrogens (tertiary/aromatic N) is 5. The molecular formula is C16H15BrF3N7O2. The number of fused-ring (bicyclic) bond motifs is 1. The number of anilines is 1. The van der Waals surface area contributed by atoms with Crippen LogP contribution in [0.25, 0.3) is 5.65 Å². The van der Waals surface area contributed by atoms with Crippen LogP contribution in [0.5, 0.6) is 0 Å². The maximum absolute atomic E-state index is 13.3. The third kappa shape index (κ3) is 3.81. The van der Waals surface area contributed by atoms with Crippen LogP contribution < -0.4 is 10.6 Å². The molecule has 0 radical (unpaired) electrons. The number of aryl methyl sites for hydroxylation is 2. The second kappa shape index (κ2) is 7.46. The van der Waals surface area contributed by atoms with Crippen molar-refractivity contribution in [2.75, 3.05) is 12.4 Å². The minimum atomic E-state index is -4.69. The van der Waals surface area contributed by atoms with Crippen LogP contribution in [0.1, 0.15) is 39.3 Å². The Morgan fingerprint density at radius 2 is 1.90 bits per heavy atom. The van der Waals surface area contributed by atoms with Crippen LogP contribution in [0.4, 0.5) is 18.9 Å². The molecule has 3 aromatic rings. The quantitative estimate of drug-likeness (QED) is 0.605. The molecule has 0 spiro atoms. The predicted molar refractivity (Wildman–Crippen MR) is 99.7 cm³/mol. The van der Waals surface area contributed by atoms with Gasteiger partial charge in [0.1, 0.15) is 5.69 Å². The van der Waals surface area contributed by atoms with Crippen molar-refractivity contribution in [2.45, 2.75) is 26.6 Å². The Labute approximate surface area is 170 Å². The molecule has 3 heterocycles. The molecule has 2 N–H and O–H groups in total. The molecule has 3 aromatic heterocycles. The molecule has 0 saturated carbocycles. The van der Waals surface area contributed by atoms with Crippen molar-refractivity contribution in [1.82, 2.24) is 29.7 Å². The first-order valence-corrected chi connectivity index (χ1v) is 9.10. The lowest BCUT2D eigenvalue weighted by atomic mass is 10.3. The number of halogens is 4. The molecule has 0 aromatic carbocycles. The van der Waals surface area contributed by atoms with E-state index in [1.807, 2.05) is 0 Å². The fraction of sp³-hybridized carbons (Fsp3) is 0.312. The number of nitrogens with one attached hydrogen (secondary N) is 2. The lowest BCUT2D eigenvalue weighted by molar-refractivity contribution is -0.142. The third-order valence-electron chi connectivity index (χ3n) is 3.94. The highest BCUT2D eigenvalue weighted by Crippen LogP contribution is 2.32. The summed E-state index contributed by atoms with van der Waals surface area (Å²) in [6.45, 7) is 3.64. The molecule has 0 atom stereocenters. The van der Waals surface area contributed by atoms with Crippen molar-refractivity contribution in [3.8, 4) is 0 Å². The molecule has 0 aliphatic carbocycles. The van der Waals surface area contributed by atoms with E-state index < -0.39 is 23.7 Å². The average molecular weight is 474 g/mol. The molecule has 0 fully saturated rings. The van der Waals surface area contributed by atoms with Gasteiger partial charge < -0.3 is 10.6 Å². The Kier molecular flexibility index (Phi) is 5.34. The molecule has 3 rings (SSSR count). The molecule has 0 aliphatic rings. The van der Waals surface area contributed by atoms with Gasteiger partial charge in [0.05, 0.1) is 10.2 Å². The minimum Gasteiger partial charge on any atom is -0.354 e. The van der Waals surface area contributed by atoms with Crippen LogP contribution in [0, 0.1) is 6.92 Å². The Balaban J connectivity index is 2.06. The molecule has 9 nitrogen and oxygen atoms in total. The van der Waals surface area contributed by atoms with E-state index in [4.69, 9.17) is 0 Å². The minimum absolute atomic E-state index is 0.00595. The van der Waals surface area contributed by atoms with E-state index in [0.29, 0.717) is 11.1 Å². The zero-order valence-corrected chi connectivity index (χ0v) is 17.0. The van der Waals surface area contributed by atoms with E-state index in [2.05, 4.69) is 41.7 Å². The summed E-state index contributed by atoms with van der Waals surface area (Å²) in [7, 11) is 1.41. The lowest BCUT2D eigenvalue weighted by Crippen LogP contribution is -2.22. The van der Waals surface area contributed by atoms with E-state index in [9.17, 15) is 22.8 Å². The first kappa shape index (κ1) is 20.8. The van der Waals surface area contributed by atoms with Crippen LogP contribution in [-0.4, -0.2) is 43.2 Å². The second-order valence-electron chi connectivity index (χ2n) is 5.96. The third-order valence-corrected chi connectivity index (χ3v) is 4.67. The first-order chi connectivity index (χ1) is 13.6. The van der Waals surface area contributed by atoms with Gasteiger partial charge in [0.15, 0.2) is 17.0 Å². The maximum Gasteiger partial charge on any atom is 0.433 e. The summed E-state index contributed by atoms with van der Waals surface area (Å²) in [5, 5.41) is 12.7. The highest BCUT2D eigenvalue weighted by molar-refractivity contribution is 9.10. The summed E-state index contributed by atoms with van der Waals surface area (Å²) in [5.41, 5.74) is -1.36. The van der Waals surface area contributed by atoms with Gasteiger partial charge in [0, 0.05) is 25.5 Å². The van der Waals surface area contributed by atoms with Gasteiger partial charge in [-0.05, 0) is 35.8 Å². The summed E-state index contributed by atoms with van der Waals surface area (Å²) in [6, 6.07) is 0.836. The van der Waals surface area contributed by atoms with Crippen LogP contribution in [-0.2, 0) is 12.7 Å². The van der Waals surface area contributed by atoms with Gasteiger partial charge in [-0.3, -0.25) is 14.3 Å². The molecule has 29 heavy (non-hydrogen) atoms. The molecule has 0 bridgehead atoms. The highest BCUT2D eigenvalue weighted by Gasteiger charge is 2.36. The largest absolute Gasteiger partial charge is 0.433 e. The Hall–Kier alpha value is -2.96. The molecule has 13 heteroatoms. The summed E-state index contributed by atoms with van der Waals surface area (Å²) < 4.78 is 42.0. The topological polar surface area (TPSA) is 106 Å². The molecule has 0 aliphatic heterocycles. The Morgan fingerprint density at radius 3 is 2.48 bits per heavy atom. The van der Waals surface area contributed by atoms with Gasteiger partial charge in [-0.15, -0.1) is 0 Å². The number of carbonyl (C=O) groups excluding carboxylic acids is 2. The fourth-order valence-electron chi connectivity index (χ4n) is 2.60. The molecule has 154 valence electrons. The van der Waals surface area contributed by atoms with Crippen LogP contribution in [0.2, 0.25) is 0 Å². The van der Waals surface area contributed by atoms with Crippen molar-refractivity contribution in [3.63, 3.8) is 0 Å². The highest BCUT2D eigenvalue weighted by atomic mass is 79.9. The lowest BCUT2D eigenvalue weighted by Gasteiger charge is -2.09. The fourth-order valence-corrected chi connectivity index (χ4v) is 3.12. The van der Waals surface area contributed by atoms with Crippen molar-refractivity contribution in [3.05, 3.63) is 39.5 Å². The van der Waals surface area contributed by atoms with Gasteiger partial charge >= 0.3 is 6.18 Å². The van der Waals surface area contributed by atoms with Crippen molar-refractivity contribution >= 4 is 39.1 Å². The van der Waals surface area contributed by atoms with Gasteiger partial charge in [-0.2, -0.15) is 23.4 Å². The number of hydrogen-bond acceptors (Lipinski definition) is 5. The number of carbonyl (C=O) groups is 2. The van der Waals surface area contributed by atoms with Crippen molar-refractivity contribution < 1.29 is 22.8 Å². The van der Waals surface area contributed by atoms with E-state index in [0.717, 1.165) is 6.07 Å². The van der Waals surface area contributed by atoms with Gasteiger partial charge in [-0.25, -0.2) is 9.50 Å². The van der Waals surface area contributed by atoms with Gasteiger partial charge in [0.2, 0.25) is 0 Å². The SMILES string of the molecule is CCn1cc(NC(=O)c2nn3c(C(F)(F)F)cc(C)nc3c2Br)c(C(=O)NC)n1. The van der Waals surface area contributed by atoms with Crippen LogP contribution >= 0.6 is 15.9 Å². The normalized spacial score (nSPS) is 11.7. The maximum atomic E-state index is 13.3. The van der Waals surface area contributed by atoms with Crippen LogP contribution in [0.3, 0.4) is 0 Å². The zero-order valence-electron chi connectivity index (χ0n) is 15.4. The molecule has 0 unspecified atom stereocenters. The predicted octanol–water partition coefficient (Wildman–Crippen LogP) is 2.65. The molecule has 0 saturated heterocycles. The average Bonchev–Trinajstić information content (AvgIpc) is 3.21. The van der Waals surface area contributed by atoms with E-state index in [1.54, 1.807) is 6.92 Å². The number of rotatable bonds is 4. The number of alkyl halides is 3. The standard InChI is InChI=1S/C16H15BrF3N7O2/c1-4-26-6-8(11(24-26)14(28)21-3)23-15(29)12-10(17)13-22-7(2)5-9(16(18,19)20)27(13)25-12/h5-6H,4H2,1-3H3,(H,21,28)(H,23,29). The van der Waals surface area contributed by atoms with E-state index >= 15 is 0 Å². The Bertz CT molecular complexity index is 1120. The first-order valence-electron chi connectivity index (χ1n) is 8.30. The van der Waals surface area contributed by atoms with Gasteiger partial charge in [-0.1, -0.05) is 0 Å². The smallest absolute Gasteiger partial charge is 0.354 e. The van der Waals surface area contributed by atoms with E-state index in [-0.39, 0.29) is 32.9 Å². The van der Waals surface area contributed by atoms with Gasteiger partial charge in [0.25, 0.3) is 11.8 Å².